The van der Waals surface area contributed by atoms with Crippen LogP contribution in [0.25, 0.3) is 0 Å². The van der Waals surface area contributed by atoms with Crippen molar-refractivity contribution >= 4 is 0 Å². The molecule has 0 atom stereocenters. The van der Waals surface area contributed by atoms with E-state index in [2.05, 4.69) is 4.98 Å². The van der Waals surface area contributed by atoms with Crippen molar-refractivity contribution in [1.29, 1.82) is 0 Å². The highest BCUT2D eigenvalue weighted by Gasteiger charge is 2.02. The van der Waals surface area contributed by atoms with E-state index in [1.165, 1.54) is 0 Å². The second-order valence-electron chi connectivity index (χ2n) is 4.10. The van der Waals surface area contributed by atoms with Crippen molar-refractivity contribution in [2.45, 2.75) is 45.6 Å². The number of aliphatic hydroxyl groups excluding tert-OH is 1. The molecule has 5 nitrogen and oxygen atoms in total. The molecular formula is C12H20N2O3. The minimum atomic E-state index is -0.339. The number of H-pyrrole nitrogens is 1. The number of aliphatic hydroxyl groups is 1. The summed E-state index contributed by atoms with van der Waals surface area (Å²) in [5, 5.41) is 8.63. The van der Waals surface area contributed by atoms with Gasteiger partial charge >= 0.3 is 5.69 Å². The van der Waals surface area contributed by atoms with Gasteiger partial charge in [-0.05, 0) is 19.3 Å². The molecule has 0 aromatic carbocycles. The number of aromatic amines is 1. The van der Waals surface area contributed by atoms with E-state index in [0.717, 1.165) is 25.7 Å². The number of aromatic nitrogens is 2. The molecule has 5 heteroatoms. The Bertz CT molecular complexity index is 448. The van der Waals surface area contributed by atoms with E-state index in [1.807, 2.05) is 6.92 Å². The second-order valence-corrected chi connectivity index (χ2v) is 4.10. The topological polar surface area (TPSA) is 75.1 Å². The van der Waals surface area contributed by atoms with Crippen molar-refractivity contribution in [2.24, 2.45) is 0 Å². The van der Waals surface area contributed by atoms with Crippen molar-refractivity contribution in [1.82, 2.24) is 9.55 Å². The van der Waals surface area contributed by atoms with Crippen LogP contribution in [-0.4, -0.2) is 21.3 Å². The summed E-state index contributed by atoms with van der Waals surface area (Å²) < 4.78 is 1.55. The molecule has 0 spiro atoms. The fraction of sp³-hybridized carbons (Fsp3) is 0.667. The second kappa shape index (κ2) is 7.06. The number of hydrogen-bond donors (Lipinski definition) is 2. The first-order valence-corrected chi connectivity index (χ1v) is 6.12. The summed E-state index contributed by atoms with van der Waals surface area (Å²) in [5.41, 5.74) is 0.0170. The maximum atomic E-state index is 11.5. The SMILES string of the molecule is CCc1cn(CCCCCCO)c(=O)[nH]c1=O. The molecule has 0 saturated carbocycles. The zero-order valence-corrected chi connectivity index (χ0v) is 10.2. The van der Waals surface area contributed by atoms with Gasteiger partial charge in [-0.1, -0.05) is 19.8 Å². The number of nitrogens with one attached hydrogen (secondary N) is 1. The summed E-state index contributed by atoms with van der Waals surface area (Å²) in [7, 11) is 0. The lowest BCUT2D eigenvalue weighted by Gasteiger charge is -2.06. The molecule has 0 saturated heterocycles. The van der Waals surface area contributed by atoms with Crippen molar-refractivity contribution in [3.8, 4) is 0 Å². The summed E-state index contributed by atoms with van der Waals surface area (Å²) in [6, 6.07) is 0. The standard InChI is InChI=1S/C12H20N2O3/c1-2-10-9-14(12(17)13-11(10)16)7-5-3-4-6-8-15/h9,15H,2-8H2,1H3,(H,13,16,17). The lowest BCUT2D eigenvalue weighted by Crippen LogP contribution is -2.31. The minimum Gasteiger partial charge on any atom is -0.396 e. The van der Waals surface area contributed by atoms with Crippen LogP contribution in [0.1, 0.15) is 38.2 Å². The first kappa shape index (κ1) is 13.7. The molecular weight excluding hydrogens is 220 g/mol. The van der Waals surface area contributed by atoms with Crippen molar-refractivity contribution < 1.29 is 5.11 Å². The molecule has 1 aromatic rings. The molecule has 0 aliphatic rings. The molecule has 2 N–H and O–H groups in total. The third-order valence-electron chi connectivity index (χ3n) is 2.77. The van der Waals surface area contributed by atoms with Gasteiger partial charge in [-0.3, -0.25) is 9.78 Å². The van der Waals surface area contributed by atoms with Crippen molar-refractivity contribution in [3.63, 3.8) is 0 Å². The van der Waals surface area contributed by atoms with Crippen LogP contribution in [-0.2, 0) is 13.0 Å². The highest BCUT2D eigenvalue weighted by molar-refractivity contribution is 5.03. The Morgan fingerprint density at radius 3 is 2.59 bits per heavy atom. The largest absolute Gasteiger partial charge is 0.396 e. The third kappa shape index (κ3) is 4.19. The number of unbranched alkanes of at least 4 members (excludes halogenated alkanes) is 3. The van der Waals surface area contributed by atoms with Crippen LogP contribution in [0.3, 0.4) is 0 Å². The van der Waals surface area contributed by atoms with E-state index in [9.17, 15) is 9.59 Å². The van der Waals surface area contributed by atoms with Gasteiger partial charge < -0.3 is 9.67 Å². The summed E-state index contributed by atoms with van der Waals surface area (Å²) in [6.07, 6.45) is 5.91. The maximum absolute atomic E-state index is 11.5. The average molecular weight is 240 g/mol. The van der Waals surface area contributed by atoms with Gasteiger partial charge in [0.2, 0.25) is 0 Å². The van der Waals surface area contributed by atoms with E-state index in [0.29, 0.717) is 18.5 Å². The summed E-state index contributed by atoms with van der Waals surface area (Å²) >= 11 is 0. The van der Waals surface area contributed by atoms with E-state index in [1.54, 1.807) is 10.8 Å². The third-order valence-corrected chi connectivity index (χ3v) is 2.77. The van der Waals surface area contributed by atoms with Crippen LogP contribution in [0.4, 0.5) is 0 Å². The van der Waals surface area contributed by atoms with Gasteiger partial charge in [-0.25, -0.2) is 4.79 Å². The highest BCUT2D eigenvalue weighted by Crippen LogP contribution is 2.00. The minimum absolute atomic E-state index is 0.221. The van der Waals surface area contributed by atoms with E-state index in [4.69, 9.17) is 5.11 Å². The molecule has 1 heterocycles. The number of aryl methyl sites for hydroxylation is 2. The summed E-state index contributed by atoms with van der Waals surface area (Å²) in [6.45, 7) is 2.73. The average Bonchev–Trinajstić information content (AvgIpc) is 2.31. The molecule has 0 amide bonds. The van der Waals surface area contributed by atoms with E-state index < -0.39 is 0 Å². The first-order valence-electron chi connectivity index (χ1n) is 6.12. The lowest BCUT2D eigenvalue weighted by molar-refractivity contribution is 0.282. The number of hydrogen-bond acceptors (Lipinski definition) is 3. The summed E-state index contributed by atoms with van der Waals surface area (Å²) in [4.78, 5) is 25.2. The van der Waals surface area contributed by atoms with Gasteiger partial charge in [0.15, 0.2) is 0 Å². The monoisotopic (exact) mass is 240 g/mol. The molecule has 17 heavy (non-hydrogen) atoms. The Hall–Kier alpha value is -1.36. The molecule has 0 bridgehead atoms. The molecule has 96 valence electrons. The Balaban J connectivity index is 2.59. The summed E-state index contributed by atoms with van der Waals surface area (Å²) in [5.74, 6) is 0. The van der Waals surface area contributed by atoms with E-state index >= 15 is 0 Å². The molecule has 1 rings (SSSR count). The highest BCUT2D eigenvalue weighted by atomic mass is 16.3. The predicted octanol–water partition coefficient (Wildman–Crippen LogP) is 0.652. The van der Waals surface area contributed by atoms with Crippen molar-refractivity contribution in [3.05, 3.63) is 32.6 Å². The Kier molecular flexibility index (Phi) is 5.69. The predicted molar refractivity (Wildman–Crippen MR) is 66.3 cm³/mol. The van der Waals surface area contributed by atoms with Crippen molar-refractivity contribution in [2.75, 3.05) is 6.61 Å². The Morgan fingerprint density at radius 2 is 1.94 bits per heavy atom. The maximum Gasteiger partial charge on any atom is 0.328 e. The van der Waals surface area contributed by atoms with Gasteiger partial charge in [0.05, 0.1) is 0 Å². The van der Waals surface area contributed by atoms with Crippen LogP contribution < -0.4 is 11.2 Å². The first-order chi connectivity index (χ1) is 8.19. The fourth-order valence-corrected chi connectivity index (χ4v) is 1.72. The normalized spacial score (nSPS) is 10.7. The van der Waals surface area contributed by atoms with E-state index in [-0.39, 0.29) is 17.9 Å². The number of rotatable bonds is 7. The lowest BCUT2D eigenvalue weighted by atomic mass is 10.2. The van der Waals surface area contributed by atoms with Crippen LogP contribution in [0.2, 0.25) is 0 Å². The zero-order chi connectivity index (χ0) is 12.7. The van der Waals surface area contributed by atoms with Gasteiger partial charge in [0, 0.05) is 24.9 Å². The zero-order valence-electron chi connectivity index (χ0n) is 10.2. The quantitative estimate of drug-likeness (QED) is 0.687. The molecule has 0 aliphatic heterocycles. The molecule has 0 unspecified atom stereocenters. The smallest absolute Gasteiger partial charge is 0.328 e. The van der Waals surface area contributed by atoms with Crippen LogP contribution in [0, 0.1) is 0 Å². The Morgan fingerprint density at radius 1 is 1.24 bits per heavy atom. The van der Waals surface area contributed by atoms with Gasteiger partial charge in [0.25, 0.3) is 5.56 Å². The molecule has 0 fully saturated rings. The molecule has 1 aromatic heterocycles. The van der Waals surface area contributed by atoms with Gasteiger partial charge in [-0.2, -0.15) is 0 Å². The Labute approximate surface area is 100 Å². The van der Waals surface area contributed by atoms with Crippen LogP contribution in [0.5, 0.6) is 0 Å². The fourth-order valence-electron chi connectivity index (χ4n) is 1.72. The molecule has 0 radical (unpaired) electrons. The molecule has 0 aliphatic carbocycles. The van der Waals surface area contributed by atoms with Crippen LogP contribution >= 0.6 is 0 Å². The van der Waals surface area contributed by atoms with Gasteiger partial charge in [0.1, 0.15) is 0 Å². The number of nitrogens with zero attached hydrogens (tertiary/aromatic N) is 1. The van der Waals surface area contributed by atoms with Crippen LogP contribution in [0.15, 0.2) is 15.8 Å². The van der Waals surface area contributed by atoms with Gasteiger partial charge in [-0.15, -0.1) is 0 Å².